The zero-order chi connectivity index (χ0) is 19.3. The molecule has 1 aliphatic rings. The molecule has 0 spiro atoms. The van der Waals surface area contributed by atoms with E-state index in [2.05, 4.69) is 51.6 Å². The number of nitrogens with zero attached hydrogens (tertiary/aromatic N) is 2. The average molecular weight is 361 g/mol. The van der Waals surface area contributed by atoms with Crippen LogP contribution in [-0.4, -0.2) is 59.5 Å². The number of hydrogen-bond donors (Lipinski definition) is 2. The predicted octanol–water partition coefficient (Wildman–Crippen LogP) is 2.13. The Balaban J connectivity index is 1.80. The van der Waals surface area contributed by atoms with Crippen molar-refractivity contribution in [2.45, 2.75) is 52.7 Å². The van der Waals surface area contributed by atoms with Gasteiger partial charge in [0.1, 0.15) is 0 Å². The molecule has 0 aliphatic carbocycles. The molecule has 1 aromatic carbocycles. The minimum Gasteiger partial charge on any atom is -0.333 e. The molecule has 1 atom stereocenters. The standard InChI is InChI=1S/C20H32N4O2/c1-15-8-6-7-9-17(15)14-23-10-12-24(13-11-23)16(2)18(25)21-19(26)22-20(3,4)5/h6-9,16H,10-14H2,1-5H3,(H2,21,22,25,26). The van der Waals surface area contributed by atoms with Crippen molar-refractivity contribution in [3.05, 3.63) is 35.4 Å². The third-order valence-electron chi connectivity index (χ3n) is 4.71. The molecule has 1 aromatic rings. The molecule has 2 N–H and O–H groups in total. The van der Waals surface area contributed by atoms with Gasteiger partial charge in [0.2, 0.25) is 5.91 Å². The molecule has 0 bridgehead atoms. The Hall–Kier alpha value is -1.92. The zero-order valence-corrected chi connectivity index (χ0v) is 16.6. The fourth-order valence-electron chi connectivity index (χ4n) is 3.09. The number of benzene rings is 1. The van der Waals surface area contributed by atoms with Gasteiger partial charge in [0.05, 0.1) is 6.04 Å². The van der Waals surface area contributed by atoms with E-state index in [9.17, 15) is 9.59 Å². The van der Waals surface area contributed by atoms with E-state index in [0.29, 0.717) is 0 Å². The van der Waals surface area contributed by atoms with Crippen molar-refractivity contribution in [2.24, 2.45) is 0 Å². The lowest BCUT2D eigenvalue weighted by molar-refractivity contribution is -0.125. The van der Waals surface area contributed by atoms with Crippen LogP contribution in [0.4, 0.5) is 4.79 Å². The van der Waals surface area contributed by atoms with Crippen LogP contribution in [0.1, 0.15) is 38.8 Å². The average Bonchev–Trinajstić information content (AvgIpc) is 2.55. The van der Waals surface area contributed by atoms with Crippen LogP contribution >= 0.6 is 0 Å². The lowest BCUT2D eigenvalue weighted by atomic mass is 10.1. The van der Waals surface area contributed by atoms with Crippen molar-refractivity contribution >= 4 is 11.9 Å². The topological polar surface area (TPSA) is 64.7 Å². The maximum atomic E-state index is 12.3. The summed E-state index contributed by atoms with van der Waals surface area (Å²) in [6.07, 6.45) is 0. The van der Waals surface area contributed by atoms with Gasteiger partial charge in [0, 0.05) is 38.3 Å². The van der Waals surface area contributed by atoms with Crippen molar-refractivity contribution in [1.82, 2.24) is 20.4 Å². The molecule has 6 heteroatoms. The van der Waals surface area contributed by atoms with E-state index in [1.165, 1.54) is 11.1 Å². The Morgan fingerprint density at radius 1 is 1.12 bits per heavy atom. The first kappa shape index (κ1) is 20.4. The van der Waals surface area contributed by atoms with E-state index in [4.69, 9.17) is 0 Å². The summed E-state index contributed by atoms with van der Waals surface area (Å²) >= 11 is 0. The number of urea groups is 1. The number of nitrogens with one attached hydrogen (secondary N) is 2. The number of aryl methyl sites for hydroxylation is 1. The Kier molecular flexibility index (Phi) is 6.78. The number of hydrogen-bond acceptors (Lipinski definition) is 4. The van der Waals surface area contributed by atoms with Gasteiger partial charge in [-0.3, -0.25) is 19.9 Å². The van der Waals surface area contributed by atoms with Crippen LogP contribution in [0.3, 0.4) is 0 Å². The normalized spacial score (nSPS) is 17.6. The van der Waals surface area contributed by atoms with Crippen molar-refractivity contribution in [2.75, 3.05) is 26.2 Å². The Labute approximate surface area is 156 Å². The Bertz CT molecular complexity index is 631. The van der Waals surface area contributed by atoms with Gasteiger partial charge >= 0.3 is 6.03 Å². The van der Waals surface area contributed by atoms with E-state index in [1.54, 1.807) is 0 Å². The molecular weight excluding hydrogens is 328 g/mol. The van der Waals surface area contributed by atoms with Gasteiger partial charge in [-0.25, -0.2) is 4.79 Å². The van der Waals surface area contributed by atoms with E-state index in [0.717, 1.165) is 32.7 Å². The van der Waals surface area contributed by atoms with Gasteiger partial charge in [-0.1, -0.05) is 24.3 Å². The van der Waals surface area contributed by atoms with E-state index in [1.807, 2.05) is 27.7 Å². The summed E-state index contributed by atoms with van der Waals surface area (Å²) in [5.74, 6) is -0.251. The number of amides is 3. The van der Waals surface area contributed by atoms with Crippen LogP contribution < -0.4 is 10.6 Å². The highest BCUT2D eigenvalue weighted by molar-refractivity contribution is 5.97. The molecule has 2 rings (SSSR count). The van der Waals surface area contributed by atoms with E-state index in [-0.39, 0.29) is 17.5 Å². The maximum Gasteiger partial charge on any atom is 0.321 e. The Morgan fingerprint density at radius 2 is 1.73 bits per heavy atom. The molecule has 1 aliphatic heterocycles. The molecule has 1 saturated heterocycles. The van der Waals surface area contributed by atoms with Gasteiger partial charge in [-0.2, -0.15) is 0 Å². The fraction of sp³-hybridized carbons (Fsp3) is 0.600. The van der Waals surface area contributed by atoms with E-state index < -0.39 is 6.03 Å². The highest BCUT2D eigenvalue weighted by atomic mass is 16.2. The second-order valence-electron chi connectivity index (χ2n) is 8.11. The first-order chi connectivity index (χ1) is 12.2. The van der Waals surface area contributed by atoms with Crippen molar-refractivity contribution in [3.63, 3.8) is 0 Å². The number of carbonyl (C=O) groups is 2. The zero-order valence-electron chi connectivity index (χ0n) is 16.6. The van der Waals surface area contributed by atoms with E-state index >= 15 is 0 Å². The second-order valence-corrected chi connectivity index (χ2v) is 8.11. The summed E-state index contributed by atoms with van der Waals surface area (Å²) in [5, 5.41) is 5.20. The molecule has 0 saturated carbocycles. The Morgan fingerprint density at radius 3 is 2.31 bits per heavy atom. The first-order valence-electron chi connectivity index (χ1n) is 9.29. The smallest absolute Gasteiger partial charge is 0.321 e. The van der Waals surface area contributed by atoms with Crippen LogP contribution in [0.25, 0.3) is 0 Å². The van der Waals surface area contributed by atoms with Crippen LogP contribution in [0.15, 0.2) is 24.3 Å². The fourth-order valence-corrected chi connectivity index (χ4v) is 3.09. The third-order valence-corrected chi connectivity index (χ3v) is 4.71. The summed E-state index contributed by atoms with van der Waals surface area (Å²) in [5.41, 5.74) is 2.30. The molecule has 26 heavy (non-hydrogen) atoms. The monoisotopic (exact) mass is 360 g/mol. The molecular formula is C20H32N4O2. The van der Waals surface area contributed by atoms with Crippen LogP contribution in [0, 0.1) is 6.92 Å². The van der Waals surface area contributed by atoms with Gasteiger partial charge in [-0.05, 0) is 45.7 Å². The molecule has 1 heterocycles. The van der Waals surface area contributed by atoms with Gasteiger partial charge in [0.15, 0.2) is 0 Å². The largest absolute Gasteiger partial charge is 0.333 e. The van der Waals surface area contributed by atoms with Crippen molar-refractivity contribution in [3.8, 4) is 0 Å². The molecule has 0 aromatic heterocycles. The second kappa shape index (κ2) is 8.64. The molecule has 6 nitrogen and oxygen atoms in total. The van der Waals surface area contributed by atoms with Gasteiger partial charge < -0.3 is 5.32 Å². The maximum absolute atomic E-state index is 12.3. The summed E-state index contributed by atoms with van der Waals surface area (Å²) in [6.45, 7) is 14.1. The predicted molar refractivity (Wildman–Crippen MR) is 104 cm³/mol. The van der Waals surface area contributed by atoms with Crippen LogP contribution in [0.5, 0.6) is 0 Å². The number of rotatable bonds is 4. The molecule has 0 radical (unpaired) electrons. The molecule has 144 valence electrons. The first-order valence-corrected chi connectivity index (χ1v) is 9.29. The molecule has 3 amide bonds. The van der Waals surface area contributed by atoms with Gasteiger partial charge in [-0.15, -0.1) is 0 Å². The summed E-state index contributed by atoms with van der Waals surface area (Å²) in [4.78, 5) is 28.7. The quantitative estimate of drug-likeness (QED) is 0.863. The number of imide groups is 1. The number of piperazine rings is 1. The van der Waals surface area contributed by atoms with Crippen LogP contribution in [-0.2, 0) is 11.3 Å². The van der Waals surface area contributed by atoms with Crippen molar-refractivity contribution in [1.29, 1.82) is 0 Å². The minimum atomic E-state index is -0.437. The van der Waals surface area contributed by atoms with Crippen LogP contribution in [0.2, 0.25) is 0 Å². The molecule has 1 fully saturated rings. The highest BCUT2D eigenvalue weighted by Crippen LogP contribution is 2.13. The summed E-state index contributed by atoms with van der Waals surface area (Å²) in [7, 11) is 0. The molecule has 1 unspecified atom stereocenters. The minimum absolute atomic E-state index is 0.251. The number of carbonyl (C=O) groups excluding carboxylic acids is 2. The SMILES string of the molecule is Cc1ccccc1CN1CCN(C(C)C(=O)NC(=O)NC(C)(C)C)CC1. The lowest BCUT2D eigenvalue weighted by Crippen LogP contribution is -2.56. The highest BCUT2D eigenvalue weighted by Gasteiger charge is 2.27. The summed E-state index contributed by atoms with van der Waals surface area (Å²) in [6, 6.07) is 7.70. The lowest BCUT2D eigenvalue weighted by Gasteiger charge is -2.37. The van der Waals surface area contributed by atoms with Crippen molar-refractivity contribution < 1.29 is 9.59 Å². The third kappa shape index (κ3) is 6.11. The van der Waals surface area contributed by atoms with Gasteiger partial charge in [0.25, 0.3) is 0 Å². The summed E-state index contributed by atoms with van der Waals surface area (Å²) < 4.78 is 0.